The van der Waals surface area contributed by atoms with Crippen LogP contribution >= 0.6 is 0 Å². The molecule has 1 heterocycles. The molecule has 2 aromatic carbocycles. The van der Waals surface area contributed by atoms with Crippen molar-refractivity contribution in [3.05, 3.63) is 71.0 Å². The second kappa shape index (κ2) is 6.16. The minimum atomic E-state index is -0.189. The van der Waals surface area contributed by atoms with Gasteiger partial charge in [0, 0.05) is 13.1 Å². The Labute approximate surface area is 118 Å². The molecule has 2 aromatic rings. The average molecular weight is 271 g/mol. The number of rotatable bonds is 3. The molecule has 3 rings (SSSR count). The summed E-state index contributed by atoms with van der Waals surface area (Å²) in [6, 6.07) is 15.2. The van der Waals surface area contributed by atoms with Crippen molar-refractivity contribution < 1.29 is 9.13 Å². The van der Waals surface area contributed by atoms with Crippen molar-refractivity contribution in [3.63, 3.8) is 0 Å². The maximum absolute atomic E-state index is 12.9. The number of benzene rings is 2. The summed E-state index contributed by atoms with van der Waals surface area (Å²) in [5.41, 5.74) is 3.55. The number of morpholine rings is 1. The standard InChI is InChI=1S/C17H18FNO/c18-16-7-3-14(4-8-16)11-13-1-5-15(6-2-13)17-12-19-9-10-20-17/h1-8,17,19H,9-12H2/t17-/m1/s1. The number of halogens is 1. The molecular formula is C17H18FNO. The van der Waals surface area contributed by atoms with Crippen LogP contribution in [-0.2, 0) is 11.2 Å². The summed E-state index contributed by atoms with van der Waals surface area (Å²) in [7, 11) is 0. The largest absolute Gasteiger partial charge is 0.371 e. The lowest BCUT2D eigenvalue weighted by Crippen LogP contribution is -2.33. The smallest absolute Gasteiger partial charge is 0.123 e. The van der Waals surface area contributed by atoms with Crippen LogP contribution in [0.3, 0.4) is 0 Å². The first-order valence-electron chi connectivity index (χ1n) is 6.97. The highest BCUT2D eigenvalue weighted by Crippen LogP contribution is 2.20. The second-order valence-corrected chi connectivity index (χ2v) is 5.11. The Kier molecular flexibility index (Phi) is 4.09. The van der Waals surface area contributed by atoms with Gasteiger partial charge in [0.15, 0.2) is 0 Å². The van der Waals surface area contributed by atoms with E-state index in [2.05, 4.69) is 29.6 Å². The van der Waals surface area contributed by atoms with E-state index in [9.17, 15) is 4.39 Å². The van der Waals surface area contributed by atoms with Gasteiger partial charge in [-0.3, -0.25) is 0 Å². The quantitative estimate of drug-likeness (QED) is 0.926. The van der Waals surface area contributed by atoms with Crippen molar-refractivity contribution in [2.45, 2.75) is 12.5 Å². The highest BCUT2D eigenvalue weighted by Gasteiger charge is 2.15. The molecule has 0 aromatic heterocycles. The lowest BCUT2D eigenvalue weighted by Gasteiger charge is -2.24. The zero-order chi connectivity index (χ0) is 13.8. The summed E-state index contributed by atoms with van der Waals surface area (Å²) < 4.78 is 18.6. The van der Waals surface area contributed by atoms with E-state index in [0.29, 0.717) is 0 Å². The third-order valence-electron chi connectivity index (χ3n) is 3.60. The lowest BCUT2D eigenvalue weighted by molar-refractivity contribution is 0.0277. The van der Waals surface area contributed by atoms with E-state index in [1.165, 1.54) is 23.3 Å². The van der Waals surface area contributed by atoms with Crippen molar-refractivity contribution in [2.24, 2.45) is 0 Å². The van der Waals surface area contributed by atoms with Crippen LogP contribution in [0.4, 0.5) is 4.39 Å². The number of nitrogens with one attached hydrogen (secondary N) is 1. The Morgan fingerprint density at radius 1 is 1.00 bits per heavy atom. The van der Waals surface area contributed by atoms with Crippen LogP contribution in [0.2, 0.25) is 0 Å². The van der Waals surface area contributed by atoms with Crippen LogP contribution in [0.15, 0.2) is 48.5 Å². The Morgan fingerprint density at radius 3 is 2.25 bits per heavy atom. The molecule has 3 heteroatoms. The lowest BCUT2D eigenvalue weighted by atomic mass is 10.0. The molecule has 1 aliphatic heterocycles. The first-order chi connectivity index (χ1) is 9.81. The average Bonchev–Trinajstić information content (AvgIpc) is 2.51. The first kappa shape index (κ1) is 13.3. The summed E-state index contributed by atoms with van der Waals surface area (Å²) in [5, 5.41) is 3.33. The van der Waals surface area contributed by atoms with E-state index >= 15 is 0 Å². The summed E-state index contributed by atoms with van der Waals surface area (Å²) >= 11 is 0. The molecule has 0 unspecified atom stereocenters. The molecule has 1 saturated heterocycles. The molecule has 0 radical (unpaired) electrons. The van der Waals surface area contributed by atoms with Gasteiger partial charge in [0.2, 0.25) is 0 Å². The van der Waals surface area contributed by atoms with E-state index in [4.69, 9.17) is 4.74 Å². The first-order valence-corrected chi connectivity index (χ1v) is 6.97. The maximum Gasteiger partial charge on any atom is 0.123 e. The predicted octanol–water partition coefficient (Wildman–Crippen LogP) is 3.08. The number of hydrogen-bond acceptors (Lipinski definition) is 2. The van der Waals surface area contributed by atoms with Gasteiger partial charge in [-0.05, 0) is 35.2 Å². The number of ether oxygens (including phenoxy) is 1. The monoisotopic (exact) mass is 271 g/mol. The normalized spacial score (nSPS) is 18.9. The van der Waals surface area contributed by atoms with Crippen LogP contribution in [0.5, 0.6) is 0 Å². The molecule has 1 atom stereocenters. The molecule has 0 bridgehead atoms. The highest BCUT2D eigenvalue weighted by molar-refractivity contribution is 5.30. The van der Waals surface area contributed by atoms with E-state index in [-0.39, 0.29) is 11.9 Å². The molecule has 20 heavy (non-hydrogen) atoms. The molecular weight excluding hydrogens is 253 g/mol. The van der Waals surface area contributed by atoms with Gasteiger partial charge >= 0.3 is 0 Å². The van der Waals surface area contributed by atoms with Crippen LogP contribution in [0.1, 0.15) is 22.8 Å². The summed E-state index contributed by atoms with van der Waals surface area (Å²) in [4.78, 5) is 0. The molecule has 1 aliphatic rings. The Balaban J connectivity index is 1.67. The third-order valence-corrected chi connectivity index (χ3v) is 3.60. The topological polar surface area (TPSA) is 21.3 Å². The van der Waals surface area contributed by atoms with Gasteiger partial charge in [0.05, 0.1) is 12.7 Å². The Bertz CT molecular complexity index is 544. The second-order valence-electron chi connectivity index (χ2n) is 5.11. The van der Waals surface area contributed by atoms with Crippen LogP contribution in [0.25, 0.3) is 0 Å². The molecule has 0 aliphatic carbocycles. The fourth-order valence-corrected chi connectivity index (χ4v) is 2.47. The van der Waals surface area contributed by atoms with Gasteiger partial charge in [-0.15, -0.1) is 0 Å². The maximum atomic E-state index is 12.9. The molecule has 1 N–H and O–H groups in total. The van der Waals surface area contributed by atoms with Crippen LogP contribution in [0, 0.1) is 5.82 Å². The minimum Gasteiger partial charge on any atom is -0.371 e. The van der Waals surface area contributed by atoms with Crippen LogP contribution < -0.4 is 5.32 Å². The SMILES string of the molecule is Fc1ccc(Cc2ccc([C@H]3CNCCO3)cc2)cc1. The Morgan fingerprint density at radius 2 is 1.65 bits per heavy atom. The van der Waals surface area contributed by atoms with Gasteiger partial charge in [-0.1, -0.05) is 36.4 Å². The van der Waals surface area contributed by atoms with Gasteiger partial charge in [0.1, 0.15) is 5.82 Å². The fraction of sp³-hybridized carbons (Fsp3) is 0.294. The Hall–Kier alpha value is -1.71. The van der Waals surface area contributed by atoms with Crippen LogP contribution in [-0.4, -0.2) is 19.7 Å². The highest BCUT2D eigenvalue weighted by atomic mass is 19.1. The zero-order valence-electron chi connectivity index (χ0n) is 11.3. The summed E-state index contributed by atoms with van der Waals surface area (Å²) in [6.07, 6.45) is 0.980. The zero-order valence-corrected chi connectivity index (χ0v) is 11.3. The van der Waals surface area contributed by atoms with Crippen molar-refractivity contribution in [1.82, 2.24) is 5.32 Å². The van der Waals surface area contributed by atoms with Gasteiger partial charge in [0.25, 0.3) is 0 Å². The van der Waals surface area contributed by atoms with Crippen molar-refractivity contribution >= 4 is 0 Å². The molecule has 0 saturated carbocycles. The van der Waals surface area contributed by atoms with Gasteiger partial charge < -0.3 is 10.1 Å². The molecule has 0 spiro atoms. The van der Waals surface area contributed by atoms with Gasteiger partial charge in [-0.25, -0.2) is 4.39 Å². The third kappa shape index (κ3) is 3.24. The molecule has 1 fully saturated rings. The summed E-state index contributed by atoms with van der Waals surface area (Å²) in [5.74, 6) is -0.189. The summed E-state index contributed by atoms with van der Waals surface area (Å²) in [6.45, 7) is 2.57. The van der Waals surface area contributed by atoms with E-state index < -0.39 is 0 Å². The van der Waals surface area contributed by atoms with E-state index in [0.717, 1.165) is 31.7 Å². The van der Waals surface area contributed by atoms with E-state index in [1.54, 1.807) is 0 Å². The number of hydrogen-bond donors (Lipinski definition) is 1. The molecule has 0 amide bonds. The van der Waals surface area contributed by atoms with Crippen molar-refractivity contribution in [2.75, 3.05) is 19.7 Å². The minimum absolute atomic E-state index is 0.156. The van der Waals surface area contributed by atoms with Gasteiger partial charge in [-0.2, -0.15) is 0 Å². The molecule has 104 valence electrons. The van der Waals surface area contributed by atoms with Crippen molar-refractivity contribution in [1.29, 1.82) is 0 Å². The van der Waals surface area contributed by atoms with E-state index in [1.807, 2.05) is 12.1 Å². The fourth-order valence-electron chi connectivity index (χ4n) is 2.47. The predicted molar refractivity (Wildman–Crippen MR) is 77.2 cm³/mol. The molecule has 2 nitrogen and oxygen atoms in total. The van der Waals surface area contributed by atoms with Crippen molar-refractivity contribution in [3.8, 4) is 0 Å².